The van der Waals surface area contributed by atoms with Gasteiger partial charge in [-0.25, -0.2) is 31.8 Å². The molecular weight excluding hydrogens is 625 g/mol. The average Bonchev–Trinajstić information content (AvgIpc) is 3.28. The minimum absolute atomic E-state index is 0.239. The molecule has 0 fully saturated rings. The van der Waals surface area contributed by atoms with Crippen molar-refractivity contribution in [3.8, 4) is 5.75 Å². The third-order valence-corrected chi connectivity index (χ3v) is 8.02. The number of aromatic nitrogens is 1. The lowest BCUT2D eigenvalue weighted by Gasteiger charge is -2.28. The van der Waals surface area contributed by atoms with E-state index < -0.39 is 96.2 Å². The van der Waals surface area contributed by atoms with Crippen molar-refractivity contribution >= 4 is 39.1 Å². The summed E-state index contributed by atoms with van der Waals surface area (Å²) in [7, 11) is -3.49. The Morgan fingerprint density at radius 2 is 1.62 bits per heavy atom. The molecule has 0 bridgehead atoms. The van der Waals surface area contributed by atoms with E-state index in [4.69, 9.17) is 9.47 Å². The molecule has 0 aliphatic heterocycles. The first-order chi connectivity index (χ1) is 18.9. The molecule has 0 N–H and O–H groups in total. The van der Waals surface area contributed by atoms with Crippen molar-refractivity contribution in [2.24, 2.45) is 0 Å². The van der Waals surface area contributed by atoms with Crippen LogP contribution in [0.5, 0.6) is 5.75 Å². The number of alkyl halides is 7. The van der Waals surface area contributed by atoms with Crippen molar-refractivity contribution < 1.29 is 63.0 Å². The number of sulfone groups is 1. The van der Waals surface area contributed by atoms with Crippen molar-refractivity contribution in [1.29, 1.82) is 0 Å². The third kappa shape index (κ3) is 8.45. The normalized spacial score (nSPS) is 13.1. The first-order valence-electron chi connectivity index (χ1n) is 11.8. The zero-order chi connectivity index (χ0) is 32.5. The van der Waals surface area contributed by atoms with Crippen molar-refractivity contribution in [3.63, 3.8) is 0 Å². The second kappa shape index (κ2) is 12.2. The Hall–Kier alpha value is -3.15. The van der Waals surface area contributed by atoms with E-state index in [1.165, 1.54) is 27.7 Å². The lowest BCUT2D eigenvalue weighted by molar-refractivity contribution is -0.287. The maximum Gasteiger partial charge on any atom is 0.458 e. The summed E-state index contributed by atoms with van der Waals surface area (Å²) in [5, 5.41) is 0. The maximum atomic E-state index is 14.2. The van der Waals surface area contributed by atoms with Crippen LogP contribution in [-0.4, -0.2) is 62.6 Å². The van der Waals surface area contributed by atoms with Crippen LogP contribution in [0.15, 0.2) is 23.2 Å². The second-order valence-electron chi connectivity index (χ2n) is 9.85. The van der Waals surface area contributed by atoms with Crippen LogP contribution in [0.4, 0.5) is 41.3 Å². The minimum Gasteiger partial charge on any atom is -0.486 e. The first kappa shape index (κ1) is 35.0. The number of hydrogen-bond acceptors (Lipinski definition) is 9. The van der Waals surface area contributed by atoms with E-state index in [-0.39, 0.29) is 11.3 Å². The molecule has 0 radical (unpaired) electrons. The van der Waals surface area contributed by atoms with Gasteiger partial charge in [0.1, 0.15) is 21.1 Å². The van der Waals surface area contributed by atoms with Gasteiger partial charge in [0.25, 0.3) is 5.92 Å². The molecule has 0 saturated heterocycles. The standard InChI is InChI=1S/C24H27F7N2O7S2/c1-7-42(36,37)15-9-14(39-12-22(5,25)26)10-32-18(15)33(20(35)40-21(2,3)4)11-13-8-16(23(27,28)24(29,30)31)41-17(13)19(34)38-6/h8-10H,7,11-12H2,1-6H3. The van der Waals surface area contributed by atoms with E-state index in [9.17, 15) is 48.7 Å². The number of pyridine rings is 1. The van der Waals surface area contributed by atoms with Crippen LogP contribution in [0, 0.1) is 0 Å². The number of carbonyl (C=O) groups is 2. The van der Waals surface area contributed by atoms with Gasteiger partial charge in [-0.2, -0.15) is 22.0 Å². The fraction of sp³-hybridized carbons (Fsp3) is 0.542. The highest BCUT2D eigenvalue weighted by atomic mass is 32.2. The van der Waals surface area contributed by atoms with Crippen LogP contribution in [0.3, 0.4) is 0 Å². The van der Waals surface area contributed by atoms with Gasteiger partial charge in [0.05, 0.1) is 30.5 Å². The number of halogens is 7. The van der Waals surface area contributed by atoms with Crippen LogP contribution in [0.2, 0.25) is 0 Å². The molecule has 2 rings (SSSR count). The molecule has 0 spiro atoms. The molecule has 0 aliphatic rings. The number of hydrogen-bond donors (Lipinski definition) is 0. The Bertz CT molecular complexity index is 1410. The largest absolute Gasteiger partial charge is 0.486 e. The predicted molar refractivity (Wildman–Crippen MR) is 136 cm³/mol. The number of anilines is 1. The topological polar surface area (TPSA) is 112 Å². The Labute approximate surface area is 240 Å². The fourth-order valence-corrected chi connectivity index (χ4v) is 5.25. The molecule has 42 heavy (non-hydrogen) atoms. The van der Waals surface area contributed by atoms with E-state index in [0.29, 0.717) is 17.9 Å². The number of nitrogens with zero attached hydrogens (tertiary/aromatic N) is 2. The van der Waals surface area contributed by atoms with E-state index in [2.05, 4.69) is 9.72 Å². The van der Waals surface area contributed by atoms with Gasteiger partial charge in [0.15, 0.2) is 22.3 Å². The van der Waals surface area contributed by atoms with Crippen molar-refractivity contribution in [1.82, 2.24) is 4.98 Å². The van der Waals surface area contributed by atoms with Crippen molar-refractivity contribution in [3.05, 3.63) is 33.6 Å². The molecule has 0 aromatic carbocycles. The molecule has 1 amide bonds. The Balaban J connectivity index is 2.81. The van der Waals surface area contributed by atoms with Crippen molar-refractivity contribution in [2.45, 2.75) is 69.7 Å². The van der Waals surface area contributed by atoms with Gasteiger partial charge in [0.2, 0.25) is 0 Å². The molecule has 0 saturated carbocycles. The molecule has 2 heterocycles. The molecule has 2 aromatic heterocycles. The first-order valence-corrected chi connectivity index (χ1v) is 14.3. The summed E-state index contributed by atoms with van der Waals surface area (Å²) >= 11 is -0.239. The lowest BCUT2D eigenvalue weighted by Crippen LogP contribution is -2.38. The summed E-state index contributed by atoms with van der Waals surface area (Å²) in [6.07, 6.45) is -6.57. The summed E-state index contributed by atoms with van der Waals surface area (Å²) < 4.78 is 135. The van der Waals surface area contributed by atoms with Gasteiger partial charge >= 0.3 is 24.2 Å². The number of amides is 1. The van der Waals surface area contributed by atoms with Crippen LogP contribution in [0.1, 0.15) is 54.7 Å². The minimum atomic E-state index is -6.04. The molecule has 2 aromatic rings. The van der Waals surface area contributed by atoms with Gasteiger partial charge in [-0.1, -0.05) is 6.92 Å². The second-order valence-corrected chi connectivity index (χ2v) is 13.1. The summed E-state index contributed by atoms with van der Waals surface area (Å²) in [6.45, 7) is 3.88. The third-order valence-electron chi connectivity index (χ3n) is 5.06. The van der Waals surface area contributed by atoms with Gasteiger partial charge in [0, 0.05) is 13.0 Å². The van der Waals surface area contributed by atoms with Crippen LogP contribution < -0.4 is 9.64 Å². The van der Waals surface area contributed by atoms with Crippen molar-refractivity contribution in [2.75, 3.05) is 24.4 Å². The lowest BCUT2D eigenvalue weighted by atomic mass is 10.1. The Morgan fingerprint density at radius 3 is 2.10 bits per heavy atom. The molecule has 0 unspecified atom stereocenters. The number of carbonyl (C=O) groups excluding carboxylic acids is 2. The van der Waals surface area contributed by atoms with E-state index >= 15 is 0 Å². The highest BCUT2D eigenvalue weighted by Crippen LogP contribution is 2.47. The van der Waals surface area contributed by atoms with Gasteiger partial charge in [-0.3, -0.25) is 4.90 Å². The van der Waals surface area contributed by atoms with Gasteiger partial charge < -0.3 is 14.2 Å². The fourth-order valence-electron chi connectivity index (χ4n) is 3.11. The average molecular weight is 653 g/mol. The van der Waals surface area contributed by atoms with E-state index in [1.54, 1.807) is 0 Å². The molecule has 18 heteroatoms. The molecule has 0 atom stereocenters. The molecule has 236 valence electrons. The number of thiophene rings is 1. The number of esters is 1. The molecule has 9 nitrogen and oxygen atoms in total. The summed E-state index contributed by atoms with van der Waals surface area (Å²) in [5.41, 5.74) is -1.81. The SMILES string of the molecule is CCS(=O)(=O)c1cc(OCC(C)(F)F)cnc1N(Cc1cc(C(F)(F)C(F)(F)F)sc1C(=O)OC)C(=O)OC(C)(C)C. The maximum absolute atomic E-state index is 14.2. The summed E-state index contributed by atoms with van der Waals surface area (Å²) in [5.74, 6) is -11.8. The zero-order valence-electron chi connectivity index (χ0n) is 23.1. The summed E-state index contributed by atoms with van der Waals surface area (Å²) in [4.78, 5) is 26.9. The van der Waals surface area contributed by atoms with Gasteiger partial charge in [-0.15, -0.1) is 11.3 Å². The Kier molecular flexibility index (Phi) is 10.2. The highest BCUT2D eigenvalue weighted by molar-refractivity contribution is 7.91. The smallest absolute Gasteiger partial charge is 0.458 e. The Morgan fingerprint density at radius 1 is 1.02 bits per heavy atom. The zero-order valence-corrected chi connectivity index (χ0v) is 24.7. The highest BCUT2D eigenvalue weighted by Gasteiger charge is 2.60. The van der Waals surface area contributed by atoms with Crippen LogP contribution >= 0.6 is 11.3 Å². The summed E-state index contributed by atoms with van der Waals surface area (Å²) in [6, 6.07) is 1.12. The quantitative estimate of drug-likeness (QED) is 0.216. The number of methoxy groups -OCH3 is 1. The van der Waals surface area contributed by atoms with Crippen LogP contribution in [-0.2, 0) is 31.8 Å². The van der Waals surface area contributed by atoms with E-state index in [0.717, 1.165) is 19.4 Å². The van der Waals surface area contributed by atoms with E-state index in [1.807, 2.05) is 0 Å². The molecular formula is C24H27F7N2O7S2. The predicted octanol–water partition coefficient (Wildman–Crippen LogP) is 6.35. The molecule has 0 aliphatic carbocycles. The van der Waals surface area contributed by atoms with Gasteiger partial charge in [-0.05, 0) is 32.4 Å². The monoisotopic (exact) mass is 652 g/mol. The van der Waals surface area contributed by atoms with Crippen LogP contribution in [0.25, 0.3) is 0 Å². The number of ether oxygens (including phenoxy) is 3. The number of rotatable bonds is 10.